The molecular weight excluding hydrogens is 538 g/mol. The van der Waals surface area contributed by atoms with Crippen LogP contribution in [0.4, 0.5) is 17.2 Å². The van der Waals surface area contributed by atoms with Gasteiger partial charge in [0.15, 0.2) is 17.6 Å². The van der Waals surface area contributed by atoms with Gasteiger partial charge in [-0.2, -0.15) is 14.0 Å². The number of benzene rings is 3. The minimum Gasteiger partial charge on any atom is -0.360 e. The number of rotatable bonds is 9. The van der Waals surface area contributed by atoms with Gasteiger partial charge in [-0.15, -0.1) is 0 Å². The molecule has 0 radical (unpaired) electrons. The number of aromatic nitrogens is 1. The highest BCUT2D eigenvalue weighted by atomic mass is 15.8. The van der Waals surface area contributed by atoms with Gasteiger partial charge in [-0.25, -0.2) is 4.58 Å². The summed E-state index contributed by atoms with van der Waals surface area (Å²) >= 11 is 0. The zero-order valence-electron chi connectivity index (χ0n) is 27.3. The van der Waals surface area contributed by atoms with E-state index in [9.17, 15) is 0 Å². The first-order valence-corrected chi connectivity index (χ1v) is 15.8. The summed E-state index contributed by atoms with van der Waals surface area (Å²) in [5.41, 5.74) is 11.5. The highest BCUT2D eigenvalue weighted by Gasteiger charge is 2.77. The molecule has 1 saturated heterocycles. The molecule has 5 heteroatoms. The number of para-hydroxylation sites is 1. The third-order valence-electron chi connectivity index (χ3n) is 10.1. The van der Waals surface area contributed by atoms with Crippen molar-refractivity contribution in [1.82, 2.24) is 19.3 Å². The Bertz CT molecular complexity index is 1780. The molecule has 1 N–H and O–H groups in total. The summed E-state index contributed by atoms with van der Waals surface area (Å²) in [6.45, 7) is 14.6. The number of pyridine rings is 1. The molecular formula is C39H46N5+3. The fourth-order valence-electron chi connectivity index (χ4n) is 7.55. The van der Waals surface area contributed by atoms with E-state index in [0.29, 0.717) is 12.2 Å². The van der Waals surface area contributed by atoms with Crippen molar-refractivity contribution in [3.63, 3.8) is 0 Å². The van der Waals surface area contributed by atoms with E-state index in [2.05, 4.69) is 156 Å². The SMILES string of the molecule is CC(=C[N+](C)=C(C)c1ccccc1Cc1ccccc1[N+]12C[N+](C(C)C)(c3ncccc31)C2C)NC=C(C)c1ccccc1. The predicted octanol–water partition coefficient (Wildman–Crippen LogP) is 8.32. The molecule has 4 heterocycles. The third-order valence-corrected chi connectivity index (χ3v) is 10.1. The Hall–Kier alpha value is -4.32. The van der Waals surface area contributed by atoms with Gasteiger partial charge in [0.05, 0.1) is 11.7 Å². The van der Waals surface area contributed by atoms with Gasteiger partial charge in [-0.1, -0.05) is 66.7 Å². The van der Waals surface area contributed by atoms with E-state index < -0.39 is 0 Å². The first-order valence-electron chi connectivity index (χ1n) is 15.8. The maximum absolute atomic E-state index is 4.96. The smallest absolute Gasteiger partial charge is 0.300 e. The maximum atomic E-state index is 4.96. The van der Waals surface area contributed by atoms with Crippen molar-refractivity contribution in [2.45, 2.75) is 60.2 Å². The molecule has 0 amide bonds. The van der Waals surface area contributed by atoms with Gasteiger partial charge in [0.25, 0.3) is 5.82 Å². The average Bonchev–Trinajstić information content (AvgIpc) is 3.48. The zero-order chi connectivity index (χ0) is 31.1. The van der Waals surface area contributed by atoms with Crippen LogP contribution in [0.25, 0.3) is 5.57 Å². The molecule has 3 aliphatic heterocycles. The minimum atomic E-state index is 0.399. The average molecular weight is 585 g/mol. The summed E-state index contributed by atoms with van der Waals surface area (Å²) in [6, 6.07) is 33.3. The number of nitrogens with one attached hydrogen (secondary N) is 1. The van der Waals surface area contributed by atoms with E-state index in [4.69, 9.17) is 4.98 Å². The lowest BCUT2D eigenvalue weighted by atomic mass is 9.94. The van der Waals surface area contributed by atoms with E-state index in [0.717, 1.165) is 27.8 Å². The van der Waals surface area contributed by atoms with Crippen molar-refractivity contribution in [2.24, 2.45) is 0 Å². The standard InChI is InChI=1S/C39H46N5/c1-28(2)43-27-44(32(43)6,38-22-15-23-40-39(38)43)37-21-14-12-19-35(37)24-34-18-11-13-20-36(34)31(5)42(7)26-30(4)41-25-29(3)33-16-9-8-10-17-33/h8-23,25-26,28,32,41H,24,27H2,1-7H3/q+3. The van der Waals surface area contributed by atoms with Gasteiger partial charge in [0.1, 0.15) is 7.05 Å². The van der Waals surface area contributed by atoms with Crippen molar-refractivity contribution >= 4 is 28.5 Å². The van der Waals surface area contributed by atoms with Gasteiger partial charge in [0, 0.05) is 55.9 Å². The molecule has 7 rings (SSSR count). The fourth-order valence-corrected chi connectivity index (χ4v) is 7.55. The number of nitrogens with zero attached hydrogens (tertiary/aromatic N) is 4. The number of quaternary nitrogens is 2. The largest absolute Gasteiger partial charge is 0.360 e. The summed E-state index contributed by atoms with van der Waals surface area (Å²) in [5.74, 6) is 1.25. The van der Waals surface area contributed by atoms with E-state index in [-0.39, 0.29) is 0 Å². The minimum absolute atomic E-state index is 0.399. The molecule has 0 spiro atoms. The van der Waals surface area contributed by atoms with Gasteiger partial charge >= 0.3 is 0 Å². The summed E-state index contributed by atoms with van der Waals surface area (Å²) in [4.78, 5) is 4.96. The van der Waals surface area contributed by atoms with Crippen molar-refractivity contribution in [1.29, 1.82) is 0 Å². The molecule has 0 aliphatic carbocycles. The Labute approximate surface area is 263 Å². The van der Waals surface area contributed by atoms with Crippen LogP contribution in [0.5, 0.6) is 0 Å². The topological polar surface area (TPSA) is 27.9 Å². The molecule has 3 unspecified atom stereocenters. The van der Waals surface area contributed by atoms with Crippen LogP contribution in [-0.2, 0) is 6.42 Å². The van der Waals surface area contributed by atoms with Crippen LogP contribution >= 0.6 is 0 Å². The molecule has 224 valence electrons. The van der Waals surface area contributed by atoms with E-state index >= 15 is 0 Å². The summed E-state index contributed by atoms with van der Waals surface area (Å²) < 4.78 is 4.07. The Balaban J connectivity index is 1.31. The van der Waals surface area contributed by atoms with Crippen LogP contribution in [0.15, 0.2) is 115 Å². The lowest BCUT2D eigenvalue weighted by Crippen LogP contribution is -2.82. The molecule has 3 aliphatic rings. The van der Waals surface area contributed by atoms with Crippen LogP contribution in [0.3, 0.4) is 0 Å². The highest BCUT2D eigenvalue weighted by molar-refractivity contribution is 5.96. The van der Waals surface area contributed by atoms with Crippen LogP contribution in [0, 0.1) is 0 Å². The second-order valence-corrected chi connectivity index (χ2v) is 12.8. The van der Waals surface area contributed by atoms with Crippen LogP contribution < -0.4 is 14.3 Å². The van der Waals surface area contributed by atoms with Crippen molar-refractivity contribution < 1.29 is 4.58 Å². The normalized spacial score (nSPS) is 23.2. The molecule has 1 aromatic heterocycles. The monoisotopic (exact) mass is 584 g/mol. The molecule has 2 bridgehead atoms. The first-order chi connectivity index (χ1) is 21.2. The lowest BCUT2D eigenvalue weighted by molar-refractivity contribution is -0.423. The summed E-state index contributed by atoms with van der Waals surface area (Å²) in [7, 11) is 2.14. The molecule has 3 atom stereocenters. The first kappa shape index (κ1) is 29.7. The second-order valence-electron chi connectivity index (χ2n) is 12.8. The Morgan fingerprint density at radius 2 is 1.55 bits per heavy atom. The quantitative estimate of drug-likeness (QED) is 0.122. The van der Waals surface area contributed by atoms with Crippen molar-refractivity contribution in [2.75, 3.05) is 13.7 Å². The molecule has 3 aromatic carbocycles. The molecule has 5 nitrogen and oxygen atoms in total. The van der Waals surface area contributed by atoms with Crippen LogP contribution in [0.1, 0.15) is 63.8 Å². The van der Waals surface area contributed by atoms with E-state index in [1.54, 1.807) is 0 Å². The maximum Gasteiger partial charge on any atom is 0.300 e. The lowest BCUT2D eigenvalue weighted by Gasteiger charge is -2.54. The number of hydrogen-bond donors (Lipinski definition) is 1. The zero-order valence-corrected chi connectivity index (χ0v) is 27.3. The van der Waals surface area contributed by atoms with E-state index in [1.165, 1.54) is 50.7 Å². The highest BCUT2D eigenvalue weighted by Crippen LogP contribution is 2.63. The van der Waals surface area contributed by atoms with Crippen LogP contribution in [0.2, 0.25) is 0 Å². The van der Waals surface area contributed by atoms with Crippen molar-refractivity contribution in [3.05, 3.63) is 138 Å². The third kappa shape index (κ3) is 4.72. The van der Waals surface area contributed by atoms with Crippen LogP contribution in [-0.4, -0.2) is 41.2 Å². The molecule has 1 fully saturated rings. The van der Waals surface area contributed by atoms with Gasteiger partial charge in [0.2, 0.25) is 18.5 Å². The van der Waals surface area contributed by atoms with Crippen molar-refractivity contribution in [3.8, 4) is 0 Å². The fraction of sp³-hybridized carbons (Fsp3) is 0.282. The Kier molecular flexibility index (Phi) is 7.87. The molecule has 4 aromatic rings. The summed E-state index contributed by atoms with van der Waals surface area (Å²) in [5, 5.41) is 3.48. The van der Waals surface area contributed by atoms with Gasteiger partial charge in [-0.05, 0) is 56.5 Å². The van der Waals surface area contributed by atoms with Gasteiger partial charge < -0.3 is 5.32 Å². The molecule has 44 heavy (non-hydrogen) atoms. The second kappa shape index (κ2) is 11.6. The number of allylic oxidation sites excluding steroid dienone is 2. The number of hydrogen-bond acceptors (Lipinski definition) is 2. The summed E-state index contributed by atoms with van der Waals surface area (Å²) in [6.07, 6.45) is 7.50. The Morgan fingerprint density at radius 1 is 0.886 bits per heavy atom. The Morgan fingerprint density at radius 3 is 2.27 bits per heavy atom. The molecule has 0 saturated carbocycles. The van der Waals surface area contributed by atoms with Gasteiger partial charge in [-0.3, -0.25) is 0 Å². The predicted molar refractivity (Wildman–Crippen MR) is 186 cm³/mol. The van der Waals surface area contributed by atoms with E-state index in [1.807, 2.05) is 12.3 Å².